The standard InChI is InChI=1S/C30H47NO2/c1-5-30(33)17-14-27(3)21(18-30)7-8-22-24-10-9-23(28(24,4)13-12-25(22)27)20(2)6-11-26(32)29(19-31)15-16-29/h7,20,22-26,32-33H,5-6,8-18H2,1-4H3/t20-,22+,23-,24+,25+,26-,27+,28-,30+/m1/s1. The van der Waals surface area contributed by atoms with Crippen LogP contribution in [0, 0.1) is 57.2 Å². The molecule has 0 radical (unpaired) electrons. The molecule has 0 bridgehead atoms. The zero-order valence-electron chi connectivity index (χ0n) is 21.6. The van der Waals surface area contributed by atoms with E-state index in [0.717, 1.165) is 75.0 Å². The van der Waals surface area contributed by atoms with Crippen LogP contribution in [-0.4, -0.2) is 21.9 Å². The molecule has 3 nitrogen and oxygen atoms in total. The van der Waals surface area contributed by atoms with Gasteiger partial charge in [-0.15, -0.1) is 0 Å². The highest BCUT2D eigenvalue weighted by molar-refractivity contribution is 5.27. The Kier molecular flexibility index (Phi) is 5.85. The van der Waals surface area contributed by atoms with Crippen LogP contribution < -0.4 is 0 Å². The van der Waals surface area contributed by atoms with E-state index in [2.05, 4.69) is 39.8 Å². The molecule has 0 aliphatic heterocycles. The van der Waals surface area contributed by atoms with Gasteiger partial charge in [0, 0.05) is 0 Å². The first-order chi connectivity index (χ1) is 15.6. The Morgan fingerprint density at radius 1 is 1.06 bits per heavy atom. The molecule has 0 amide bonds. The first kappa shape index (κ1) is 23.9. The first-order valence-electron chi connectivity index (χ1n) is 14.1. The van der Waals surface area contributed by atoms with Crippen LogP contribution >= 0.6 is 0 Å². The van der Waals surface area contributed by atoms with Crippen molar-refractivity contribution in [2.75, 3.05) is 0 Å². The summed E-state index contributed by atoms with van der Waals surface area (Å²) >= 11 is 0. The van der Waals surface area contributed by atoms with Gasteiger partial charge >= 0.3 is 0 Å². The van der Waals surface area contributed by atoms with Gasteiger partial charge < -0.3 is 10.2 Å². The van der Waals surface area contributed by atoms with Crippen LogP contribution in [-0.2, 0) is 0 Å². The van der Waals surface area contributed by atoms with Crippen molar-refractivity contribution >= 4 is 0 Å². The van der Waals surface area contributed by atoms with Gasteiger partial charge in [0.2, 0.25) is 0 Å². The summed E-state index contributed by atoms with van der Waals surface area (Å²) in [7, 11) is 0. The van der Waals surface area contributed by atoms with E-state index in [4.69, 9.17) is 0 Å². The van der Waals surface area contributed by atoms with E-state index in [1.165, 1.54) is 32.1 Å². The van der Waals surface area contributed by atoms with Crippen molar-refractivity contribution in [3.63, 3.8) is 0 Å². The van der Waals surface area contributed by atoms with Gasteiger partial charge in [0.05, 0.1) is 23.2 Å². The van der Waals surface area contributed by atoms with Crippen LogP contribution in [0.5, 0.6) is 0 Å². The molecule has 9 atom stereocenters. The molecule has 5 aliphatic rings. The lowest BCUT2D eigenvalue weighted by Gasteiger charge is -2.59. The fourth-order valence-electron chi connectivity index (χ4n) is 9.54. The Balaban J connectivity index is 1.29. The number of hydrogen-bond donors (Lipinski definition) is 2. The Morgan fingerprint density at radius 2 is 1.82 bits per heavy atom. The largest absolute Gasteiger partial charge is 0.391 e. The Hall–Kier alpha value is -0.850. The molecule has 5 rings (SSSR count). The predicted molar refractivity (Wildman–Crippen MR) is 132 cm³/mol. The number of aliphatic hydroxyl groups is 2. The van der Waals surface area contributed by atoms with E-state index in [-0.39, 0.29) is 0 Å². The van der Waals surface area contributed by atoms with E-state index in [1.807, 2.05) is 0 Å². The molecule has 0 aromatic rings. The van der Waals surface area contributed by atoms with E-state index < -0.39 is 17.1 Å². The predicted octanol–water partition coefficient (Wildman–Crippen LogP) is 6.79. The maximum Gasteiger partial charge on any atom is 0.0833 e. The molecule has 0 aromatic heterocycles. The van der Waals surface area contributed by atoms with E-state index >= 15 is 0 Å². The van der Waals surface area contributed by atoms with Crippen LogP contribution in [0.3, 0.4) is 0 Å². The topological polar surface area (TPSA) is 64.2 Å². The fourth-order valence-corrected chi connectivity index (χ4v) is 9.54. The van der Waals surface area contributed by atoms with E-state index in [9.17, 15) is 15.5 Å². The second-order valence-electron chi connectivity index (χ2n) is 13.6. The molecule has 0 spiro atoms. The molecular weight excluding hydrogens is 406 g/mol. The third kappa shape index (κ3) is 3.65. The lowest BCUT2D eigenvalue weighted by molar-refractivity contribution is -0.0758. The third-order valence-electron chi connectivity index (χ3n) is 12.2. The third-order valence-corrected chi connectivity index (χ3v) is 12.2. The van der Waals surface area contributed by atoms with Gasteiger partial charge in [-0.05, 0) is 124 Å². The molecule has 0 aromatic carbocycles. The van der Waals surface area contributed by atoms with Crippen molar-refractivity contribution in [3.05, 3.63) is 11.6 Å². The van der Waals surface area contributed by atoms with Crippen molar-refractivity contribution < 1.29 is 10.2 Å². The molecule has 184 valence electrons. The number of nitriles is 1. The maximum atomic E-state index is 11.0. The van der Waals surface area contributed by atoms with Gasteiger partial charge in [-0.25, -0.2) is 0 Å². The SMILES string of the molecule is CC[C@]1(O)CC[C@@]2(C)C(=CC[C@H]3[C@@H]4CC[C@H]([C@H](C)CC[C@@H](O)C5(C#N)CC5)[C@@]4(C)CC[C@@H]32)C1. The smallest absolute Gasteiger partial charge is 0.0833 e. The van der Waals surface area contributed by atoms with Gasteiger partial charge in [0.25, 0.3) is 0 Å². The normalized spacial score (nSPS) is 47.4. The van der Waals surface area contributed by atoms with Crippen molar-refractivity contribution in [1.29, 1.82) is 5.26 Å². The second kappa shape index (κ2) is 8.09. The van der Waals surface area contributed by atoms with Crippen LogP contribution in [0.1, 0.15) is 111 Å². The van der Waals surface area contributed by atoms with Crippen molar-refractivity contribution in [3.8, 4) is 6.07 Å². The summed E-state index contributed by atoms with van der Waals surface area (Å²) in [4.78, 5) is 0. The molecule has 0 saturated heterocycles. The van der Waals surface area contributed by atoms with Crippen LogP contribution in [0.2, 0.25) is 0 Å². The molecule has 4 saturated carbocycles. The zero-order chi connectivity index (χ0) is 23.6. The quantitative estimate of drug-likeness (QED) is 0.435. The highest BCUT2D eigenvalue weighted by Gasteiger charge is 2.60. The second-order valence-corrected chi connectivity index (χ2v) is 13.6. The highest BCUT2D eigenvalue weighted by Crippen LogP contribution is 2.68. The van der Waals surface area contributed by atoms with Crippen LogP contribution in [0.25, 0.3) is 0 Å². The average molecular weight is 454 g/mol. The molecule has 0 heterocycles. The average Bonchev–Trinajstić information content (AvgIpc) is 3.53. The summed E-state index contributed by atoms with van der Waals surface area (Å²) in [5, 5.41) is 31.1. The van der Waals surface area contributed by atoms with Crippen molar-refractivity contribution in [2.45, 2.75) is 123 Å². The monoisotopic (exact) mass is 453 g/mol. The highest BCUT2D eigenvalue weighted by atomic mass is 16.3. The summed E-state index contributed by atoms with van der Waals surface area (Å²) in [6, 6.07) is 2.39. The minimum atomic E-state index is -0.468. The first-order valence-corrected chi connectivity index (χ1v) is 14.1. The summed E-state index contributed by atoms with van der Waals surface area (Å²) in [6.45, 7) is 9.71. The molecule has 5 aliphatic carbocycles. The fraction of sp³-hybridized carbons (Fsp3) is 0.900. The molecule has 0 unspecified atom stereocenters. The number of hydrogen-bond acceptors (Lipinski definition) is 3. The van der Waals surface area contributed by atoms with Crippen LogP contribution in [0.4, 0.5) is 0 Å². The number of aliphatic hydroxyl groups excluding tert-OH is 1. The summed E-state index contributed by atoms with van der Waals surface area (Å²) in [6.07, 6.45) is 16.3. The van der Waals surface area contributed by atoms with Crippen molar-refractivity contribution in [1.82, 2.24) is 0 Å². The summed E-state index contributed by atoms with van der Waals surface area (Å²) in [5.74, 6) is 3.80. The molecule has 4 fully saturated rings. The maximum absolute atomic E-state index is 11.0. The zero-order valence-corrected chi connectivity index (χ0v) is 21.6. The Labute approximate surface area is 202 Å². The molecule has 3 heteroatoms. The van der Waals surface area contributed by atoms with Gasteiger partial charge in [-0.3, -0.25) is 0 Å². The van der Waals surface area contributed by atoms with E-state index in [0.29, 0.717) is 16.7 Å². The number of rotatable bonds is 6. The Morgan fingerprint density at radius 3 is 2.48 bits per heavy atom. The Bertz CT molecular complexity index is 839. The van der Waals surface area contributed by atoms with E-state index in [1.54, 1.807) is 5.57 Å². The number of fused-ring (bicyclic) bond motifs is 5. The van der Waals surface area contributed by atoms with Gasteiger partial charge in [-0.2, -0.15) is 5.26 Å². The summed E-state index contributed by atoms with van der Waals surface area (Å²) in [5.41, 5.74) is 1.43. The molecular formula is C30H47NO2. The van der Waals surface area contributed by atoms with Gasteiger partial charge in [-0.1, -0.05) is 39.3 Å². The molecule has 33 heavy (non-hydrogen) atoms. The van der Waals surface area contributed by atoms with Crippen molar-refractivity contribution in [2.24, 2.45) is 45.8 Å². The minimum absolute atomic E-state index is 0.301. The number of allylic oxidation sites excluding steroid dienone is 1. The molecule has 2 N–H and O–H groups in total. The minimum Gasteiger partial charge on any atom is -0.391 e. The van der Waals surface area contributed by atoms with Gasteiger partial charge in [0.15, 0.2) is 0 Å². The number of nitrogens with zero attached hydrogens (tertiary/aromatic N) is 1. The lowest BCUT2D eigenvalue weighted by Crippen LogP contribution is -2.52. The van der Waals surface area contributed by atoms with Crippen LogP contribution in [0.15, 0.2) is 11.6 Å². The van der Waals surface area contributed by atoms with Gasteiger partial charge in [0.1, 0.15) is 0 Å². The summed E-state index contributed by atoms with van der Waals surface area (Å²) < 4.78 is 0. The lowest BCUT2D eigenvalue weighted by atomic mass is 9.46.